The molecule has 1 amide bonds. The predicted octanol–water partition coefficient (Wildman–Crippen LogP) is 1.65. The maximum absolute atomic E-state index is 12.7. The molecule has 136 valence electrons. The van der Waals surface area contributed by atoms with Crippen LogP contribution in [0.5, 0.6) is 11.5 Å². The maximum atomic E-state index is 12.7. The molecule has 2 aliphatic heterocycles. The fourth-order valence-electron chi connectivity index (χ4n) is 2.94. The second-order valence-corrected chi connectivity index (χ2v) is 6.07. The van der Waals surface area contributed by atoms with E-state index in [1.165, 1.54) is 0 Å². The third-order valence-electron chi connectivity index (χ3n) is 4.19. The molecule has 8 heteroatoms. The zero-order valence-corrected chi connectivity index (χ0v) is 14.5. The second-order valence-electron chi connectivity index (χ2n) is 6.07. The summed E-state index contributed by atoms with van der Waals surface area (Å²) in [6.45, 7) is 5.62. The normalized spacial score (nSPS) is 16.3. The molecule has 1 fully saturated rings. The van der Waals surface area contributed by atoms with Crippen molar-refractivity contribution in [3.05, 3.63) is 35.8 Å². The summed E-state index contributed by atoms with van der Waals surface area (Å²) < 4.78 is 16.4. The number of morpholine rings is 1. The lowest BCUT2D eigenvalue weighted by atomic mass is 10.2. The number of rotatable bonds is 3. The predicted molar refractivity (Wildman–Crippen MR) is 95.2 cm³/mol. The Hall–Kier alpha value is -2.87. The Morgan fingerprint density at radius 1 is 1.04 bits per heavy atom. The molecule has 8 nitrogen and oxygen atoms in total. The molecule has 2 aromatic rings. The number of hydrogen-bond donors (Lipinski definition) is 1. The Kier molecular flexibility index (Phi) is 4.57. The van der Waals surface area contributed by atoms with Gasteiger partial charge in [-0.25, -0.2) is 9.97 Å². The molecule has 0 unspecified atom stereocenters. The zero-order chi connectivity index (χ0) is 17.9. The van der Waals surface area contributed by atoms with Crippen molar-refractivity contribution in [2.75, 3.05) is 49.7 Å². The number of ether oxygens (including phenoxy) is 3. The van der Waals surface area contributed by atoms with Crippen LogP contribution in [0.1, 0.15) is 16.3 Å². The van der Waals surface area contributed by atoms with E-state index in [2.05, 4.69) is 20.2 Å². The van der Waals surface area contributed by atoms with Crippen LogP contribution in [-0.4, -0.2) is 55.4 Å². The number of aromatic nitrogens is 2. The number of benzene rings is 1. The van der Waals surface area contributed by atoms with Crippen LogP contribution in [-0.2, 0) is 4.74 Å². The first-order chi connectivity index (χ1) is 12.7. The summed E-state index contributed by atoms with van der Waals surface area (Å²) in [5.41, 5.74) is 0.956. The van der Waals surface area contributed by atoms with Crippen LogP contribution >= 0.6 is 0 Å². The van der Waals surface area contributed by atoms with E-state index in [0.29, 0.717) is 55.1 Å². The van der Waals surface area contributed by atoms with Crippen LogP contribution in [0, 0.1) is 6.92 Å². The third-order valence-corrected chi connectivity index (χ3v) is 4.19. The van der Waals surface area contributed by atoms with Gasteiger partial charge in [0.1, 0.15) is 30.5 Å². The Bertz CT molecular complexity index is 821. The van der Waals surface area contributed by atoms with E-state index in [9.17, 15) is 4.79 Å². The molecular weight excluding hydrogens is 336 g/mol. The summed E-state index contributed by atoms with van der Waals surface area (Å²) in [6, 6.07) is 7.03. The SMILES string of the molecule is Cc1nc(C(=O)Nc2ccc3c(c2)OCCO3)cc(N2CCOCC2)n1. The van der Waals surface area contributed by atoms with Gasteiger partial charge in [-0.05, 0) is 19.1 Å². The van der Waals surface area contributed by atoms with Crippen molar-refractivity contribution >= 4 is 17.4 Å². The number of amides is 1. The van der Waals surface area contributed by atoms with Crippen molar-refractivity contribution in [3.8, 4) is 11.5 Å². The third kappa shape index (κ3) is 3.55. The van der Waals surface area contributed by atoms with Gasteiger partial charge in [0.25, 0.3) is 5.91 Å². The number of aryl methyl sites for hydroxylation is 1. The number of fused-ring (bicyclic) bond motifs is 1. The summed E-state index contributed by atoms with van der Waals surface area (Å²) in [6.07, 6.45) is 0. The van der Waals surface area contributed by atoms with E-state index in [1.54, 1.807) is 31.2 Å². The van der Waals surface area contributed by atoms with Gasteiger partial charge in [0.2, 0.25) is 0 Å². The van der Waals surface area contributed by atoms with E-state index >= 15 is 0 Å². The van der Waals surface area contributed by atoms with Crippen LogP contribution in [0.2, 0.25) is 0 Å². The fourth-order valence-corrected chi connectivity index (χ4v) is 2.94. The fraction of sp³-hybridized carbons (Fsp3) is 0.389. The van der Waals surface area contributed by atoms with Gasteiger partial charge >= 0.3 is 0 Å². The molecule has 0 aliphatic carbocycles. The summed E-state index contributed by atoms with van der Waals surface area (Å²) in [4.78, 5) is 23.5. The van der Waals surface area contributed by atoms with Gasteiger partial charge in [0, 0.05) is 30.9 Å². The van der Waals surface area contributed by atoms with Crippen LogP contribution in [0.4, 0.5) is 11.5 Å². The van der Waals surface area contributed by atoms with Crippen molar-refractivity contribution in [1.82, 2.24) is 9.97 Å². The molecule has 0 spiro atoms. The van der Waals surface area contributed by atoms with Crippen LogP contribution < -0.4 is 19.7 Å². The molecule has 1 N–H and O–H groups in total. The lowest BCUT2D eigenvalue weighted by molar-refractivity contribution is 0.102. The Balaban J connectivity index is 1.53. The summed E-state index contributed by atoms with van der Waals surface area (Å²) in [5.74, 6) is 2.32. The number of hydrogen-bond acceptors (Lipinski definition) is 7. The van der Waals surface area contributed by atoms with Gasteiger partial charge in [-0.2, -0.15) is 0 Å². The summed E-state index contributed by atoms with van der Waals surface area (Å²) in [5, 5.41) is 2.86. The average Bonchev–Trinajstić information content (AvgIpc) is 2.68. The van der Waals surface area contributed by atoms with Crippen molar-refractivity contribution in [1.29, 1.82) is 0 Å². The molecule has 0 radical (unpaired) electrons. The molecule has 3 heterocycles. The lowest BCUT2D eigenvalue weighted by Crippen LogP contribution is -2.37. The van der Waals surface area contributed by atoms with Crippen molar-refractivity contribution < 1.29 is 19.0 Å². The number of carbonyl (C=O) groups is 1. The smallest absolute Gasteiger partial charge is 0.274 e. The zero-order valence-electron chi connectivity index (χ0n) is 14.5. The monoisotopic (exact) mass is 356 g/mol. The minimum atomic E-state index is -0.290. The molecule has 0 atom stereocenters. The van der Waals surface area contributed by atoms with Crippen molar-refractivity contribution in [2.24, 2.45) is 0 Å². The highest BCUT2D eigenvalue weighted by atomic mass is 16.6. The Labute approximate surface area is 151 Å². The highest BCUT2D eigenvalue weighted by Gasteiger charge is 2.18. The minimum absolute atomic E-state index is 0.290. The highest BCUT2D eigenvalue weighted by molar-refractivity contribution is 6.03. The van der Waals surface area contributed by atoms with Crippen LogP contribution in [0.15, 0.2) is 24.3 Å². The first-order valence-corrected chi connectivity index (χ1v) is 8.58. The molecule has 0 bridgehead atoms. The number of carbonyl (C=O) groups excluding carboxylic acids is 1. The van der Waals surface area contributed by atoms with Crippen LogP contribution in [0.25, 0.3) is 0 Å². The molecule has 26 heavy (non-hydrogen) atoms. The van der Waals surface area contributed by atoms with Gasteiger partial charge < -0.3 is 24.4 Å². The van der Waals surface area contributed by atoms with E-state index in [4.69, 9.17) is 14.2 Å². The van der Waals surface area contributed by atoms with E-state index in [-0.39, 0.29) is 5.91 Å². The molecule has 2 aliphatic rings. The molecule has 0 saturated carbocycles. The number of nitrogens with one attached hydrogen (secondary N) is 1. The standard InChI is InChI=1S/C18H20N4O4/c1-12-19-14(11-17(20-12)22-4-6-24-7-5-22)18(23)21-13-2-3-15-16(10-13)26-9-8-25-15/h2-3,10-11H,4-9H2,1H3,(H,21,23). The lowest BCUT2D eigenvalue weighted by Gasteiger charge is -2.28. The van der Waals surface area contributed by atoms with E-state index < -0.39 is 0 Å². The molecule has 1 saturated heterocycles. The molecular formula is C18H20N4O4. The summed E-state index contributed by atoms with van der Waals surface area (Å²) >= 11 is 0. The van der Waals surface area contributed by atoms with Gasteiger partial charge in [-0.3, -0.25) is 4.79 Å². The number of anilines is 2. The van der Waals surface area contributed by atoms with Gasteiger partial charge in [-0.1, -0.05) is 0 Å². The van der Waals surface area contributed by atoms with E-state index in [1.807, 2.05) is 0 Å². The molecule has 4 rings (SSSR count). The average molecular weight is 356 g/mol. The quantitative estimate of drug-likeness (QED) is 0.895. The summed E-state index contributed by atoms with van der Waals surface area (Å²) in [7, 11) is 0. The minimum Gasteiger partial charge on any atom is -0.486 e. The largest absolute Gasteiger partial charge is 0.486 e. The highest BCUT2D eigenvalue weighted by Crippen LogP contribution is 2.32. The van der Waals surface area contributed by atoms with Gasteiger partial charge in [-0.15, -0.1) is 0 Å². The second kappa shape index (κ2) is 7.17. The van der Waals surface area contributed by atoms with E-state index in [0.717, 1.165) is 18.9 Å². The first-order valence-electron chi connectivity index (χ1n) is 8.58. The van der Waals surface area contributed by atoms with Gasteiger partial charge in [0.15, 0.2) is 11.5 Å². The number of nitrogens with zero attached hydrogens (tertiary/aromatic N) is 3. The Morgan fingerprint density at radius 3 is 2.62 bits per heavy atom. The first kappa shape index (κ1) is 16.6. The van der Waals surface area contributed by atoms with Gasteiger partial charge in [0.05, 0.1) is 13.2 Å². The Morgan fingerprint density at radius 2 is 1.81 bits per heavy atom. The molecule has 1 aromatic carbocycles. The maximum Gasteiger partial charge on any atom is 0.274 e. The molecule has 1 aromatic heterocycles. The topological polar surface area (TPSA) is 85.8 Å². The van der Waals surface area contributed by atoms with Crippen molar-refractivity contribution in [3.63, 3.8) is 0 Å². The van der Waals surface area contributed by atoms with Crippen molar-refractivity contribution in [2.45, 2.75) is 6.92 Å². The van der Waals surface area contributed by atoms with Crippen LogP contribution in [0.3, 0.4) is 0 Å².